The Morgan fingerprint density at radius 1 is 1.20 bits per heavy atom. The SMILES string of the molecule is CC(C)(C)CC(NC(=O)N1CCOCC1)C(=O)NC1(C#N)CCN(C2CCCC2)C1. The number of hydrogen-bond acceptors (Lipinski definition) is 5. The molecule has 2 unspecified atom stereocenters. The van der Waals surface area contributed by atoms with Crippen LogP contribution in [0.4, 0.5) is 4.79 Å². The van der Waals surface area contributed by atoms with Crippen molar-refractivity contribution in [3.63, 3.8) is 0 Å². The van der Waals surface area contributed by atoms with Crippen LogP contribution < -0.4 is 10.6 Å². The van der Waals surface area contributed by atoms with Crippen LogP contribution in [0.25, 0.3) is 0 Å². The van der Waals surface area contributed by atoms with Gasteiger partial charge in [0.15, 0.2) is 0 Å². The van der Waals surface area contributed by atoms with Crippen molar-refractivity contribution in [1.82, 2.24) is 20.4 Å². The molecular formula is C22H37N5O3. The molecule has 3 fully saturated rings. The van der Waals surface area contributed by atoms with Gasteiger partial charge in [0.1, 0.15) is 11.6 Å². The summed E-state index contributed by atoms with van der Waals surface area (Å²) in [7, 11) is 0. The van der Waals surface area contributed by atoms with Gasteiger partial charge in [0, 0.05) is 32.2 Å². The Morgan fingerprint density at radius 2 is 1.87 bits per heavy atom. The first kappa shape index (κ1) is 22.8. The largest absolute Gasteiger partial charge is 0.378 e. The van der Waals surface area contributed by atoms with Crippen molar-refractivity contribution in [2.24, 2.45) is 5.41 Å². The molecule has 1 aliphatic carbocycles. The number of ether oxygens (including phenoxy) is 1. The summed E-state index contributed by atoms with van der Waals surface area (Å²) >= 11 is 0. The Hall–Kier alpha value is -1.85. The summed E-state index contributed by atoms with van der Waals surface area (Å²) in [6.45, 7) is 9.61. The molecule has 1 saturated carbocycles. The standard InChI is InChI=1S/C22H37N5O3/c1-21(2,3)14-18(24-20(29)26-10-12-30-13-11-26)19(28)25-22(15-23)8-9-27(16-22)17-6-4-5-7-17/h17-18H,4-14,16H2,1-3H3,(H,24,29)(H,25,28). The zero-order valence-corrected chi connectivity index (χ0v) is 18.7. The molecule has 168 valence electrons. The van der Waals surface area contributed by atoms with Crippen LogP contribution in [-0.4, -0.2) is 78.8 Å². The third kappa shape index (κ3) is 5.86. The second-order valence-corrected chi connectivity index (χ2v) is 10.2. The van der Waals surface area contributed by atoms with E-state index in [1.807, 2.05) is 20.8 Å². The Labute approximate surface area is 180 Å². The van der Waals surface area contributed by atoms with Crippen molar-refractivity contribution in [3.05, 3.63) is 0 Å². The molecule has 8 nitrogen and oxygen atoms in total. The van der Waals surface area contributed by atoms with E-state index in [-0.39, 0.29) is 17.4 Å². The minimum Gasteiger partial charge on any atom is -0.378 e. The van der Waals surface area contributed by atoms with Crippen molar-refractivity contribution in [2.75, 3.05) is 39.4 Å². The molecule has 0 aromatic rings. The third-order valence-corrected chi connectivity index (χ3v) is 6.45. The predicted molar refractivity (Wildman–Crippen MR) is 114 cm³/mol. The maximum Gasteiger partial charge on any atom is 0.318 e. The van der Waals surface area contributed by atoms with Crippen LogP contribution in [0.3, 0.4) is 0 Å². The van der Waals surface area contributed by atoms with Gasteiger partial charge < -0.3 is 20.3 Å². The van der Waals surface area contributed by atoms with E-state index in [1.54, 1.807) is 4.90 Å². The number of nitrogens with one attached hydrogen (secondary N) is 2. The van der Waals surface area contributed by atoms with Gasteiger partial charge >= 0.3 is 6.03 Å². The van der Waals surface area contributed by atoms with Gasteiger partial charge in [-0.05, 0) is 31.1 Å². The summed E-state index contributed by atoms with van der Waals surface area (Å²) in [4.78, 5) is 30.0. The first-order chi connectivity index (χ1) is 14.2. The molecule has 30 heavy (non-hydrogen) atoms. The molecule has 0 spiro atoms. The molecular weight excluding hydrogens is 382 g/mol. The fourth-order valence-electron chi connectivity index (χ4n) is 4.79. The Kier molecular flexibility index (Phi) is 7.25. The smallest absolute Gasteiger partial charge is 0.318 e. The fourth-order valence-corrected chi connectivity index (χ4v) is 4.79. The van der Waals surface area contributed by atoms with Gasteiger partial charge in [-0.2, -0.15) is 5.26 Å². The lowest BCUT2D eigenvalue weighted by Gasteiger charge is -2.33. The monoisotopic (exact) mass is 419 g/mol. The Balaban J connectivity index is 1.65. The number of rotatable bonds is 5. The van der Waals surface area contributed by atoms with E-state index in [4.69, 9.17) is 4.74 Å². The Morgan fingerprint density at radius 3 is 2.47 bits per heavy atom. The maximum absolute atomic E-state index is 13.2. The average Bonchev–Trinajstić information content (AvgIpc) is 3.37. The molecule has 0 bridgehead atoms. The quantitative estimate of drug-likeness (QED) is 0.709. The van der Waals surface area contributed by atoms with Crippen LogP contribution in [0.15, 0.2) is 0 Å². The first-order valence-corrected chi connectivity index (χ1v) is 11.3. The molecule has 2 N–H and O–H groups in total. The van der Waals surface area contributed by atoms with Gasteiger partial charge in [0.25, 0.3) is 0 Å². The van der Waals surface area contributed by atoms with Crippen LogP contribution in [0, 0.1) is 16.7 Å². The third-order valence-electron chi connectivity index (χ3n) is 6.45. The van der Waals surface area contributed by atoms with E-state index in [2.05, 4.69) is 21.6 Å². The lowest BCUT2D eigenvalue weighted by atomic mass is 9.87. The van der Waals surface area contributed by atoms with Gasteiger partial charge in [-0.25, -0.2) is 4.79 Å². The van der Waals surface area contributed by atoms with Crippen LogP contribution >= 0.6 is 0 Å². The highest BCUT2D eigenvalue weighted by molar-refractivity contribution is 5.88. The molecule has 0 radical (unpaired) electrons. The minimum atomic E-state index is -0.875. The second-order valence-electron chi connectivity index (χ2n) is 10.2. The lowest BCUT2D eigenvalue weighted by Crippen LogP contribution is -2.59. The highest BCUT2D eigenvalue weighted by atomic mass is 16.5. The summed E-state index contributed by atoms with van der Waals surface area (Å²) in [6.07, 6.45) is 5.98. The van der Waals surface area contributed by atoms with Gasteiger partial charge in [0.05, 0.1) is 19.3 Å². The number of nitrogens with zero attached hydrogens (tertiary/aromatic N) is 3. The van der Waals surface area contributed by atoms with Gasteiger partial charge in [-0.3, -0.25) is 9.69 Å². The lowest BCUT2D eigenvalue weighted by molar-refractivity contribution is -0.125. The van der Waals surface area contributed by atoms with Crippen LogP contribution in [0.2, 0.25) is 0 Å². The highest BCUT2D eigenvalue weighted by Gasteiger charge is 2.44. The van der Waals surface area contributed by atoms with E-state index >= 15 is 0 Å². The summed E-state index contributed by atoms with van der Waals surface area (Å²) in [5, 5.41) is 15.9. The number of carbonyl (C=O) groups excluding carboxylic acids is 2. The van der Waals surface area contributed by atoms with Crippen molar-refractivity contribution in [1.29, 1.82) is 5.26 Å². The van der Waals surface area contributed by atoms with Gasteiger partial charge in [0.2, 0.25) is 5.91 Å². The van der Waals surface area contributed by atoms with E-state index < -0.39 is 11.6 Å². The van der Waals surface area contributed by atoms with Crippen molar-refractivity contribution < 1.29 is 14.3 Å². The van der Waals surface area contributed by atoms with E-state index in [9.17, 15) is 14.9 Å². The van der Waals surface area contributed by atoms with Gasteiger partial charge in [-0.15, -0.1) is 0 Å². The van der Waals surface area contributed by atoms with Crippen LogP contribution in [0.5, 0.6) is 0 Å². The summed E-state index contributed by atoms with van der Waals surface area (Å²) < 4.78 is 5.31. The summed E-state index contributed by atoms with van der Waals surface area (Å²) in [5.41, 5.74) is -1.02. The van der Waals surface area contributed by atoms with Crippen LogP contribution in [0.1, 0.15) is 59.3 Å². The molecule has 2 saturated heterocycles. The van der Waals surface area contributed by atoms with Crippen molar-refractivity contribution >= 4 is 11.9 Å². The molecule has 3 amide bonds. The number of hydrogen-bond donors (Lipinski definition) is 2. The number of amides is 3. The molecule has 8 heteroatoms. The van der Waals surface area contributed by atoms with Crippen molar-refractivity contribution in [3.8, 4) is 6.07 Å². The molecule has 0 aromatic heterocycles. The number of urea groups is 1. The maximum atomic E-state index is 13.2. The predicted octanol–water partition coefficient (Wildman–Crippen LogP) is 1.86. The average molecular weight is 420 g/mol. The number of carbonyl (C=O) groups is 2. The number of morpholine rings is 1. The Bertz CT molecular complexity index is 659. The van der Waals surface area contributed by atoms with E-state index in [1.165, 1.54) is 25.7 Å². The minimum absolute atomic E-state index is 0.147. The summed E-state index contributed by atoms with van der Waals surface area (Å²) in [5.74, 6) is -0.263. The van der Waals surface area contributed by atoms with Crippen LogP contribution in [-0.2, 0) is 9.53 Å². The van der Waals surface area contributed by atoms with Gasteiger partial charge in [-0.1, -0.05) is 33.6 Å². The molecule has 2 atom stereocenters. The normalized spacial score (nSPS) is 26.9. The topological polar surface area (TPSA) is 97.7 Å². The fraction of sp³-hybridized carbons (Fsp3) is 0.864. The van der Waals surface area contributed by atoms with Crippen molar-refractivity contribution in [2.45, 2.75) is 76.9 Å². The molecule has 2 heterocycles. The zero-order valence-electron chi connectivity index (χ0n) is 18.7. The molecule has 3 aliphatic rings. The highest BCUT2D eigenvalue weighted by Crippen LogP contribution is 2.30. The first-order valence-electron chi connectivity index (χ1n) is 11.3. The number of likely N-dealkylation sites (tertiary alicyclic amines) is 1. The summed E-state index contributed by atoms with van der Waals surface area (Å²) in [6, 6.07) is 2.00. The second kappa shape index (κ2) is 9.52. The molecule has 0 aromatic carbocycles. The molecule has 2 aliphatic heterocycles. The van der Waals surface area contributed by atoms with E-state index in [0.717, 1.165) is 6.54 Å². The number of nitriles is 1. The van der Waals surface area contributed by atoms with E-state index in [0.29, 0.717) is 51.7 Å². The molecule has 3 rings (SSSR count). The zero-order chi connectivity index (χ0) is 21.8.